The van der Waals surface area contributed by atoms with Gasteiger partial charge in [0.15, 0.2) is 0 Å². The van der Waals surface area contributed by atoms with E-state index in [2.05, 4.69) is 20.6 Å². The molecule has 0 saturated carbocycles. The van der Waals surface area contributed by atoms with E-state index in [4.69, 9.17) is 17.3 Å². The first kappa shape index (κ1) is 13.5. The molecule has 0 spiro atoms. The summed E-state index contributed by atoms with van der Waals surface area (Å²) < 4.78 is 0. The summed E-state index contributed by atoms with van der Waals surface area (Å²) in [6, 6.07) is 1.50. The van der Waals surface area contributed by atoms with Crippen molar-refractivity contribution in [1.29, 1.82) is 0 Å². The van der Waals surface area contributed by atoms with Crippen molar-refractivity contribution in [3.05, 3.63) is 11.2 Å². The molecule has 1 amide bonds. The maximum absolute atomic E-state index is 11.5. The fourth-order valence-electron chi connectivity index (χ4n) is 1.16. The van der Waals surface area contributed by atoms with Gasteiger partial charge in [-0.15, -0.1) is 0 Å². The third kappa shape index (κ3) is 5.35. The number of halogens is 1. The van der Waals surface area contributed by atoms with Crippen molar-refractivity contribution >= 4 is 29.3 Å². The van der Waals surface area contributed by atoms with Gasteiger partial charge in [-0.2, -0.15) is 4.98 Å². The zero-order valence-corrected chi connectivity index (χ0v) is 10.8. The Morgan fingerprint density at radius 1 is 1.47 bits per heavy atom. The minimum absolute atomic E-state index is 0.0660. The van der Waals surface area contributed by atoms with Crippen LogP contribution in [0, 0.1) is 0 Å². The lowest BCUT2D eigenvalue weighted by Crippen LogP contribution is -2.43. The summed E-state index contributed by atoms with van der Waals surface area (Å²) in [5, 5.41) is 5.86. The molecule has 0 saturated heterocycles. The predicted octanol–water partition coefficient (Wildman–Crippen LogP) is 1.04. The Bertz CT molecular complexity index is 395. The average molecular weight is 258 g/mol. The van der Waals surface area contributed by atoms with Gasteiger partial charge in [0.25, 0.3) is 0 Å². The van der Waals surface area contributed by atoms with Crippen LogP contribution in [0.5, 0.6) is 0 Å². The Kier molecular flexibility index (Phi) is 4.11. The molecule has 1 aromatic rings. The Hall–Kier alpha value is -1.56. The maximum atomic E-state index is 11.5. The Labute approximate surface area is 105 Å². The molecule has 7 heteroatoms. The standard InChI is InChI=1S/C10H16ClN5O/c1-10(2,3)16-8(17)5-13-7-4-6(11)14-9(12)15-7/h4H,5H2,1-3H3,(H,16,17)(H3,12,13,14,15). The molecule has 0 aliphatic carbocycles. The zero-order chi connectivity index (χ0) is 13.1. The second kappa shape index (κ2) is 5.18. The van der Waals surface area contributed by atoms with Crippen LogP contribution in [0.2, 0.25) is 5.15 Å². The van der Waals surface area contributed by atoms with E-state index >= 15 is 0 Å². The monoisotopic (exact) mass is 257 g/mol. The van der Waals surface area contributed by atoms with E-state index in [1.54, 1.807) is 0 Å². The summed E-state index contributed by atoms with van der Waals surface area (Å²) in [7, 11) is 0. The topological polar surface area (TPSA) is 92.9 Å². The van der Waals surface area contributed by atoms with Crippen molar-refractivity contribution in [2.24, 2.45) is 0 Å². The van der Waals surface area contributed by atoms with Crippen molar-refractivity contribution in [2.45, 2.75) is 26.3 Å². The second-order valence-corrected chi connectivity index (χ2v) is 4.97. The van der Waals surface area contributed by atoms with Crippen molar-refractivity contribution in [1.82, 2.24) is 15.3 Å². The molecule has 94 valence electrons. The summed E-state index contributed by atoms with van der Waals surface area (Å²) >= 11 is 5.70. The van der Waals surface area contributed by atoms with Crippen LogP contribution in [-0.2, 0) is 4.79 Å². The summed E-state index contributed by atoms with van der Waals surface area (Å²) in [5.74, 6) is 0.355. The fourth-order valence-corrected chi connectivity index (χ4v) is 1.35. The quantitative estimate of drug-likeness (QED) is 0.704. The molecule has 1 rings (SSSR count). The van der Waals surface area contributed by atoms with Crippen molar-refractivity contribution in [2.75, 3.05) is 17.6 Å². The summed E-state index contributed by atoms with van der Waals surface area (Å²) in [5.41, 5.74) is 5.16. The number of hydrogen-bond donors (Lipinski definition) is 3. The largest absolute Gasteiger partial charge is 0.368 e. The van der Waals surface area contributed by atoms with Crippen LogP contribution in [-0.4, -0.2) is 28.0 Å². The minimum Gasteiger partial charge on any atom is -0.368 e. The van der Waals surface area contributed by atoms with Gasteiger partial charge in [0, 0.05) is 11.6 Å². The molecule has 0 aromatic carbocycles. The number of nitrogens with zero attached hydrogens (tertiary/aromatic N) is 2. The van der Waals surface area contributed by atoms with Crippen molar-refractivity contribution < 1.29 is 4.79 Å². The molecule has 0 radical (unpaired) electrons. The zero-order valence-electron chi connectivity index (χ0n) is 10.0. The summed E-state index contributed by atoms with van der Waals surface area (Å²) in [6.07, 6.45) is 0. The van der Waals surface area contributed by atoms with E-state index in [0.717, 1.165) is 0 Å². The first-order valence-corrected chi connectivity index (χ1v) is 5.49. The van der Waals surface area contributed by atoms with Gasteiger partial charge >= 0.3 is 0 Å². The summed E-state index contributed by atoms with van der Waals surface area (Å²) in [4.78, 5) is 19.1. The number of nitrogen functional groups attached to an aromatic ring is 1. The molecule has 0 unspecified atom stereocenters. The lowest BCUT2D eigenvalue weighted by atomic mass is 10.1. The van der Waals surface area contributed by atoms with Crippen LogP contribution in [0.15, 0.2) is 6.07 Å². The van der Waals surface area contributed by atoms with Gasteiger partial charge in [-0.25, -0.2) is 4.98 Å². The highest BCUT2D eigenvalue weighted by Crippen LogP contribution is 2.11. The molecule has 4 N–H and O–H groups in total. The van der Waals surface area contributed by atoms with Crippen LogP contribution >= 0.6 is 11.6 Å². The second-order valence-electron chi connectivity index (χ2n) is 4.59. The predicted molar refractivity (Wildman–Crippen MR) is 67.8 cm³/mol. The van der Waals surface area contributed by atoms with E-state index in [1.165, 1.54) is 6.07 Å². The average Bonchev–Trinajstić information content (AvgIpc) is 2.10. The lowest BCUT2D eigenvalue weighted by molar-refractivity contribution is -0.120. The fraction of sp³-hybridized carbons (Fsp3) is 0.500. The SMILES string of the molecule is CC(C)(C)NC(=O)CNc1cc(Cl)nc(N)n1. The summed E-state index contributed by atoms with van der Waals surface area (Å²) in [6.45, 7) is 5.82. The molecule has 0 aliphatic heterocycles. The van der Waals surface area contributed by atoms with Gasteiger partial charge in [-0.1, -0.05) is 11.6 Å². The molecule has 0 atom stereocenters. The van der Waals surface area contributed by atoms with E-state index in [1.807, 2.05) is 20.8 Å². The molecule has 1 heterocycles. The number of nitrogens with one attached hydrogen (secondary N) is 2. The first-order valence-electron chi connectivity index (χ1n) is 5.11. The Morgan fingerprint density at radius 3 is 2.65 bits per heavy atom. The number of anilines is 2. The van der Waals surface area contributed by atoms with E-state index in [9.17, 15) is 4.79 Å². The number of amides is 1. The molecule has 6 nitrogen and oxygen atoms in total. The van der Waals surface area contributed by atoms with Crippen LogP contribution < -0.4 is 16.4 Å². The maximum Gasteiger partial charge on any atom is 0.239 e. The van der Waals surface area contributed by atoms with Crippen LogP contribution in [0.25, 0.3) is 0 Å². The van der Waals surface area contributed by atoms with Crippen LogP contribution in [0.3, 0.4) is 0 Å². The molecular formula is C10H16ClN5O. The molecule has 1 aromatic heterocycles. The van der Waals surface area contributed by atoms with Gasteiger partial charge in [-0.05, 0) is 20.8 Å². The highest BCUT2D eigenvalue weighted by atomic mass is 35.5. The molecule has 0 aliphatic rings. The van der Waals surface area contributed by atoms with E-state index in [-0.39, 0.29) is 29.1 Å². The van der Waals surface area contributed by atoms with Gasteiger partial charge < -0.3 is 16.4 Å². The number of hydrogen-bond acceptors (Lipinski definition) is 5. The Morgan fingerprint density at radius 2 is 2.12 bits per heavy atom. The Balaban J connectivity index is 2.53. The highest BCUT2D eigenvalue weighted by Gasteiger charge is 2.13. The molecular weight excluding hydrogens is 242 g/mol. The minimum atomic E-state index is -0.263. The number of carbonyl (C=O) groups excluding carboxylic acids is 1. The molecule has 0 bridgehead atoms. The number of carbonyl (C=O) groups is 1. The van der Waals surface area contributed by atoms with E-state index < -0.39 is 0 Å². The van der Waals surface area contributed by atoms with Gasteiger partial charge in [0.2, 0.25) is 11.9 Å². The third-order valence-electron chi connectivity index (χ3n) is 1.66. The van der Waals surface area contributed by atoms with Crippen LogP contribution in [0.4, 0.5) is 11.8 Å². The van der Waals surface area contributed by atoms with E-state index in [0.29, 0.717) is 5.82 Å². The number of aromatic nitrogens is 2. The third-order valence-corrected chi connectivity index (χ3v) is 1.85. The lowest BCUT2D eigenvalue weighted by Gasteiger charge is -2.20. The smallest absolute Gasteiger partial charge is 0.239 e. The van der Waals surface area contributed by atoms with Crippen molar-refractivity contribution in [3.63, 3.8) is 0 Å². The normalized spacial score (nSPS) is 11.1. The van der Waals surface area contributed by atoms with Crippen molar-refractivity contribution in [3.8, 4) is 0 Å². The van der Waals surface area contributed by atoms with Gasteiger partial charge in [0.1, 0.15) is 11.0 Å². The van der Waals surface area contributed by atoms with Gasteiger partial charge in [0.05, 0.1) is 6.54 Å². The molecule has 17 heavy (non-hydrogen) atoms. The highest BCUT2D eigenvalue weighted by molar-refractivity contribution is 6.29. The molecule has 0 fully saturated rings. The first-order chi connectivity index (χ1) is 7.76. The van der Waals surface area contributed by atoms with Crippen LogP contribution in [0.1, 0.15) is 20.8 Å². The van der Waals surface area contributed by atoms with Gasteiger partial charge in [-0.3, -0.25) is 4.79 Å². The number of rotatable bonds is 3. The number of nitrogens with two attached hydrogens (primary N) is 1.